The minimum atomic E-state index is -0.159. The first-order valence-corrected chi connectivity index (χ1v) is 9.46. The number of rotatable bonds is 8. The second-order valence-electron chi connectivity index (χ2n) is 5.60. The molecular weight excluding hydrogens is 362 g/mol. The number of nitrogens with one attached hydrogen (secondary N) is 1. The standard InChI is InChI=1S/C20H21N3O3S/c1-3-25-15-9-5-13(6-10-15)17(24)18-19(21)23-20(27-18)22-14-7-11-16(12-8-14)26-4-2/h5-12H,3-4,21H2,1-2H3,(H,22,23). The second-order valence-corrected chi connectivity index (χ2v) is 6.60. The Hall–Kier alpha value is -3.06. The summed E-state index contributed by atoms with van der Waals surface area (Å²) in [4.78, 5) is 17.4. The molecule has 1 heterocycles. The van der Waals surface area contributed by atoms with Gasteiger partial charge in [-0.05, 0) is 62.4 Å². The van der Waals surface area contributed by atoms with E-state index in [1.54, 1.807) is 24.3 Å². The van der Waals surface area contributed by atoms with Gasteiger partial charge in [0.25, 0.3) is 0 Å². The summed E-state index contributed by atoms with van der Waals surface area (Å²) < 4.78 is 10.8. The largest absolute Gasteiger partial charge is 0.494 e. The summed E-state index contributed by atoms with van der Waals surface area (Å²) >= 11 is 1.23. The summed E-state index contributed by atoms with van der Waals surface area (Å²) in [7, 11) is 0. The monoisotopic (exact) mass is 383 g/mol. The van der Waals surface area contributed by atoms with E-state index >= 15 is 0 Å². The molecule has 7 heteroatoms. The van der Waals surface area contributed by atoms with Crippen LogP contribution in [0.5, 0.6) is 11.5 Å². The van der Waals surface area contributed by atoms with E-state index in [1.165, 1.54) is 11.3 Å². The fourth-order valence-corrected chi connectivity index (χ4v) is 3.34. The highest BCUT2D eigenvalue weighted by molar-refractivity contribution is 7.18. The van der Waals surface area contributed by atoms with Crippen molar-refractivity contribution in [2.45, 2.75) is 13.8 Å². The molecule has 0 saturated heterocycles. The minimum Gasteiger partial charge on any atom is -0.494 e. The van der Waals surface area contributed by atoms with E-state index in [1.807, 2.05) is 38.1 Å². The maximum Gasteiger partial charge on any atom is 0.206 e. The molecule has 0 spiro atoms. The third-order valence-electron chi connectivity index (χ3n) is 3.70. The molecule has 0 aliphatic heterocycles. The van der Waals surface area contributed by atoms with Gasteiger partial charge in [-0.1, -0.05) is 11.3 Å². The number of anilines is 3. The SMILES string of the molecule is CCOc1ccc(Nc2nc(N)c(C(=O)c3ccc(OCC)cc3)s2)cc1. The van der Waals surface area contributed by atoms with Crippen LogP contribution >= 0.6 is 11.3 Å². The van der Waals surface area contributed by atoms with E-state index in [9.17, 15) is 4.79 Å². The van der Waals surface area contributed by atoms with Gasteiger partial charge in [-0.3, -0.25) is 4.79 Å². The van der Waals surface area contributed by atoms with Crippen LogP contribution in [-0.4, -0.2) is 24.0 Å². The average molecular weight is 383 g/mol. The van der Waals surface area contributed by atoms with Crippen LogP contribution in [0.25, 0.3) is 0 Å². The van der Waals surface area contributed by atoms with Crippen molar-refractivity contribution in [2.24, 2.45) is 0 Å². The van der Waals surface area contributed by atoms with Crippen molar-refractivity contribution in [1.29, 1.82) is 0 Å². The average Bonchev–Trinajstić information content (AvgIpc) is 3.04. The zero-order chi connectivity index (χ0) is 19.2. The molecule has 0 atom stereocenters. The number of benzene rings is 2. The summed E-state index contributed by atoms with van der Waals surface area (Å²) in [6.45, 7) is 5.05. The predicted octanol–water partition coefficient (Wildman–Crippen LogP) is 4.50. The van der Waals surface area contributed by atoms with Gasteiger partial charge in [0.05, 0.1) is 13.2 Å². The summed E-state index contributed by atoms with van der Waals surface area (Å²) in [5.41, 5.74) is 7.35. The first-order valence-electron chi connectivity index (χ1n) is 8.64. The molecule has 3 rings (SSSR count). The van der Waals surface area contributed by atoms with Gasteiger partial charge in [0.1, 0.15) is 22.2 Å². The molecule has 0 aliphatic rings. The van der Waals surface area contributed by atoms with E-state index in [2.05, 4.69) is 10.3 Å². The van der Waals surface area contributed by atoms with Crippen LogP contribution in [0, 0.1) is 0 Å². The van der Waals surface area contributed by atoms with Gasteiger partial charge in [0.2, 0.25) is 5.78 Å². The topological polar surface area (TPSA) is 86.5 Å². The van der Waals surface area contributed by atoms with Crippen molar-refractivity contribution in [3.8, 4) is 11.5 Å². The number of hydrogen-bond donors (Lipinski definition) is 2. The summed E-state index contributed by atoms with van der Waals surface area (Å²) in [6, 6.07) is 14.5. The lowest BCUT2D eigenvalue weighted by atomic mass is 10.1. The molecule has 0 saturated carbocycles. The van der Waals surface area contributed by atoms with Gasteiger partial charge >= 0.3 is 0 Å². The minimum absolute atomic E-state index is 0.159. The van der Waals surface area contributed by atoms with Crippen LogP contribution in [0.1, 0.15) is 29.1 Å². The summed E-state index contributed by atoms with van der Waals surface area (Å²) in [5, 5.41) is 3.73. The first kappa shape index (κ1) is 18.7. The molecule has 0 fully saturated rings. The molecule has 1 aromatic heterocycles. The lowest BCUT2D eigenvalue weighted by molar-refractivity contribution is 0.104. The Balaban J connectivity index is 1.74. The molecular formula is C20H21N3O3S. The fraction of sp³-hybridized carbons (Fsp3) is 0.200. The van der Waals surface area contributed by atoms with E-state index in [0.29, 0.717) is 28.8 Å². The van der Waals surface area contributed by atoms with E-state index in [4.69, 9.17) is 15.2 Å². The van der Waals surface area contributed by atoms with Gasteiger partial charge in [0, 0.05) is 11.3 Å². The number of ketones is 1. The fourth-order valence-electron chi connectivity index (χ4n) is 2.47. The zero-order valence-corrected chi connectivity index (χ0v) is 16.0. The zero-order valence-electron chi connectivity index (χ0n) is 15.2. The van der Waals surface area contributed by atoms with Crippen LogP contribution in [0.15, 0.2) is 48.5 Å². The Morgan fingerprint density at radius 3 is 2.11 bits per heavy atom. The van der Waals surface area contributed by atoms with Gasteiger partial charge in [-0.15, -0.1) is 0 Å². The van der Waals surface area contributed by atoms with Crippen LogP contribution in [-0.2, 0) is 0 Å². The summed E-state index contributed by atoms with van der Waals surface area (Å²) in [5.74, 6) is 1.58. The number of ether oxygens (including phenoxy) is 2. The lowest BCUT2D eigenvalue weighted by Gasteiger charge is -2.05. The Morgan fingerprint density at radius 1 is 1.00 bits per heavy atom. The van der Waals surface area contributed by atoms with Crippen molar-refractivity contribution >= 4 is 33.8 Å². The second kappa shape index (κ2) is 8.55. The molecule has 0 amide bonds. The third kappa shape index (κ3) is 4.57. The Bertz CT molecular complexity index is 905. The highest BCUT2D eigenvalue weighted by Crippen LogP contribution is 2.30. The molecule has 3 aromatic rings. The summed E-state index contributed by atoms with van der Waals surface area (Å²) in [6.07, 6.45) is 0. The van der Waals surface area contributed by atoms with E-state index in [0.717, 1.165) is 17.2 Å². The molecule has 140 valence electrons. The van der Waals surface area contributed by atoms with Crippen molar-refractivity contribution in [3.63, 3.8) is 0 Å². The lowest BCUT2D eigenvalue weighted by Crippen LogP contribution is -2.02. The van der Waals surface area contributed by atoms with Crippen molar-refractivity contribution in [3.05, 3.63) is 59.0 Å². The number of nitrogen functional groups attached to an aromatic ring is 1. The number of nitrogens with zero attached hydrogens (tertiary/aromatic N) is 1. The van der Waals surface area contributed by atoms with Gasteiger partial charge in [-0.2, -0.15) is 0 Å². The number of carbonyl (C=O) groups excluding carboxylic acids is 1. The Labute approximate surface area is 162 Å². The molecule has 3 N–H and O–H groups in total. The maximum absolute atomic E-state index is 12.7. The van der Waals surface area contributed by atoms with Gasteiger partial charge < -0.3 is 20.5 Å². The molecule has 0 bridgehead atoms. The van der Waals surface area contributed by atoms with Crippen LogP contribution in [0.2, 0.25) is 0 Å². The highest BCUT2D eigenvalue weighted by Gasteiger charge is 2.18. The molecule has 0 aliphatic carbocycles. The number of carbonyl (C=O) groups is 1. The van der Waals surface area contributed by atoms with Crippen LogP contribution in [0.3, 0.4) is 0 Å². The number of thiazole rings is 1. The Morgan fingerprint density at radius 2 is 1.56 bits per heavy atom. The van der Waals surface area contributed by atoms with Gasteiger partial charge in [-0.25, -0.2) is 4.98 Å². The normalized spacial score (nSPS) is 10.4. The maximum atomic E-state index is 12.7. The van der Waals surface area contributed by atoms with Crippen molar-refractivity contribution in [2.75, 3.05) is 24.3 Å². The molecule has 0 radical (unpaired) electrons. The Kier molecular flexibility index (Phi) is 5.93. The molecule has 0 unspecified atom stereocenters. The van der Waals surface area contributed by atoms with Crippen LogP contribution < -0.4 is 20.5 Å². The quantitative estimate of drug-likeness (QED) is 0.557. The first-order chi connectivity index (χ1) is 13.1. The molecule has 6 nitrogen and oxygen atoms in total. The molecule has 2 aromatic carbocycles. The van der Waals surface area contributed by atoms with Crippen molar-refractivity contribution < 1.29 is 14.3 Å². The van der Waals surface area contributed by atoms with Crippen LogP contribution in [0.4, 0.5) is 16.6 Å². The highest BCUT2D eigenvalue weighted by atomic mass is 32.1. The van der Waals surface area contributed by atoms with E-state index < -0.39 is 0 Å². The molecule has 27 heavy (non-hydrogen) atoms. The third-order valence-corrected chi connectivity index (χ3v) is 4.69. The predicted molar refractivity (Wildman–Crippen MR) is 108 cm³/mol. The van der Waals surface area contributed by atoms with Gasteiger partial charge in [0.15, 0.2) is 5.13 Å². The number of aromatic nitrogens is 1. The number of nitrogens with two attached hydrogens (primary N) is 1. The smallest absolute Gasteiger partial charge is 0.206 e. The van der Waals surface area contributed by atoms with Crippen molar-refractivity contribution in [1.82, 2.24) is 4.98 Å². The van der Waals surface area contributed by atoms with E-state index in [-0.39, 0.29) is 11.6 Å². The number of hydrogen-bond acceptors (Lipinski definition) is 7.